The molecule has 0 bridgehead atoms. The fraction of sp³-hybridized carbons (Fsp3) is 0.364. The zero-order valence-corrected chi connectivity index (χ0v) is 10.7. The van der Waals surface area contributed by atoms with Crippen molar-refractivity contribution in [2.24, 2.45) is 5.73 Å². The van der Waals surface area contributed by atoms with Crippen LogP contribution < -0.4 is 5.73 Å². The maximum atomic E-state index is 11.8. The Balaban J connectivity index is 3.05. The largest absolute Gasteiger partial charge is 0.367 e. The van der Waals surface area contributed by atoms with Gasteiger partial charge in [-0.15, -0.1) is 0 Å². The Morgan fingerprint density at radius 2 is 1.71 bits per heavy atom. The highest BCUT2D eigenvalue weighted by Crippen LogP contribution is 2.20. The van der Waals surface area contributed by atoms with Crippen LogP contribution in [0.25, 0.3) is 0 Å². The maximum absolute atomic E-state index is 11.8. The van der Waals surface area contributed by atoms with E-state index in [9.17, 15) is 13.2 Å². The highest BCUT2D eigenvalue weighted by molar-refractivity contribution is 7.86. The van der Waals surface area contributed by atoms with E-state index in [0.717, 1.165) is 5.56 Å². The van der Waals surface area contributed by atoms with Crippen molar-refractivity contribution in [1.29, 1.82) is 0 Å². The van der Waals surface area contributed by atoms with Crippen molar-refractivity contribution in [2.75, 3.05) is 0 Å². The Morgan fingerprint density at radius 3 is 2.12 bits per heavy atom. The van der Waals surface area contributed by atoms with E-state index in [1.54, 1.807) is 12.1 Å². The molecule has 0 aliphatic carbocycles. The average molecular weight is 257 g/mol. The lowest BCUT2D eigenvalue weighted by molar-refractivity contribution is -0.130. The molecular formula is C11H15NO4S. The van der Waals surface area contributed by atoms with Crippen molar-refractivity contribution in [1.82, 2.24) is 0 Å². The zero-order valence-electron chi connectivity index (χ0n) is 9.93. The van der Waals surface area contributed by atoms with E-state index in [0.29, 0.717) is 0 Å². The minimum atomic E-state index is -3.98. The van der Waals surface area contributed by atoms with Crippen molar-refractivity contribution < 1.29 is 17.4 Å². The number of aryl methyl sites for hydroxylation is 1. The van der Waals surface area contributed by atoms with Crippen molar-refractivity contribution >= 4 is 16.0 Å². The van der Waals surface area contributed by atoms with Crippen LogP contribution in [0, 0.1) is 6.92 Å². The summed E-state index contributed by atoms with van der Waals surface area (Å²) in [6, 6.07) is 6.13. The third kappa shape index (κ3) is 3.28. The molecule has 0 aliphatic rings. The third-order valence-electron chi connectivity index (χ3n) is 2.22. The van der Waals surface area contributed by atoms with Gasteiger partial charge in [-0.05, 0) is 32.9 Å². The summed E-state index contributed by atoms with van der Waals surface area (Å²) in [7, 11) is -3.98. The summed E-state index contributed by atoms with van der Waals surface area (Å²) in [6.07, 6.45) is 0. The van der Waals surface area contributed by atoms with E-state index in [2.05, 4.69) is 0 Å². The van der Waals surface area contributed by atoms with Crippen molar-refractivity contribution in [3.8, 4) is 0 Å². The molecule has 2 N–H and O–H groups in total. The molecule has 0 aliphatic heterocycles. The smallest absolute Gasteiger partial charge is 0.297 e. The summed E-state index contributed by atoms with van der Waals surface area (Å²) in [6.45, 7) is 4.45. The molecule has 0 unspecified atom stereocenters. The minimum absolute atomic E-state index is 0.00238. The molecule has 1 rings (SSSR count). The highest BCUT2D eigenvalue weighted by atomic mass is 32.2. The number of primary amides is 1. The van der Waals surface area contributed by atoms with Gasteiger partial charge in [-0.3, -0.25) is 8.98 Å². The number of carbonyl (C=O) groups is 1. The van der Waals surface area contributed by atoms with E-state index in [1.165, 1.54) is 26.0 Å². The van der Waals surface area contributed by atoms with E-state index in [1.807, 2.05) is 6.92 Å². The third-order valence-corrected chi connectivity index (χ3v) is 3.71. The molecule has 1 aromatic carbocycles. The molecule has 17 heavy (non-hydrogen) atoms. The second-order valence-electron chi connectivity index (χ2n) is 4.23. The summed E-state index contributed by atoms with van der Waals surface area (Å²) in [5.74, 6) is -0.840. The normalized spacial score (nSPS) is 12.4. The Labute approximate surface area is 101 Å². The molecule has 94 valence electrons. The highest BCUT2D eigenvalue weighted by Gasteiger charge is 2.33. The van der Waals surface area contributed by atoms with Gasteiger partial charge in [-0.1, -0.05) is 17.7 Å². The van der Waals surface area contributed by atoms with Crippen molar-refractivity contribution in [2.45, 2.75) is 31.3 Å². The first-order chi connectivity index (χ1) is 7.65. The molecule has 0 fully saturated rings. The molecule has 1 amide bonds. The molecule has 6 heteroatoms. The number of amides is 1. The summed E-state index contributed by atoms with van der Waals surface area (Å²) < 4.78 is 28.5. The fourth-order valence-corrected chi connectivity index (χ4v) is 2.26. The van der Waals surface area contributed by atoms with Crippen LogP contribution >= 0.6 is 0 Å². The SMILES string of the molecule is Cc1ccc(S(=O)(=O)OC(C)(C)C(N)=O)cc1. The first-order valence-electron chi connectivity index (χ1n) is 4.97. The van der Waals surface area contributed by atoms with Gasteiger partial charge in [0.25, 0.3) is 16.0 Å². The predicted molar refractivity (Wildman–Crippen MR) is 62.7 cm³/mol. The molecule has 0 radical (unpaired) electrons. The second-order valence-corrected chi connectivity index (χ2v) is 5.77. The first kappa shape index (κ1) is 13.7. The maximum Gasteiger partial charge on any atom is 0.297 e. The molecule has 5 nitrogen and oxygen atoms in total. The van der Waals surface area contributed by atoms with Crippen LogP contribution in [0.4, 0.5) is 0 Å². The number of hydrogen-bond donors (Lipinski definition) is 1. The van der Waals surface area contributed by atoms with Gasteiger partial charge < -0.3 is 5.73 Å². The Morgan fingerprint density at radius 1 is 1.24 bits per heavy atom. The van der Waals surface area contributed by atoms with E-state index >= 15 is 0 Å². The molecule has 0 spiro atoms. The average Bonchev–Trinajstić information content (AvgIpc) is 2.16. The number of benzene rings is 1. The summed E-state index contributed by atoms with van der Waals surface area (Å²) in [4.78, 5) is 11.0. The molecule has 0 saturated carbocycles. The van der Waals surface area contributed by atoms with Gasteiger partial charge in [0.2, 0.25) is 0 Å². The molecule has 0 saturated heterocycles. The van der Waals surface area contributed by atoms with Crippen LogP contribution in [0.1, 0.15) is 19.4 Å². The van der Waals surface area contributed by atoms with Crippen LogP contribution in [0.3, 0.4) is 0 Å². The number of nitrogens with two attached hydrogens (primary N) is 1. The van der Waals surface area contributed by atoms with Gasteiger partial charge >= 0.3 is 0 Å². The summed E-state index contributed by atoms with van der Waals surface area (Å²) in [5.41, 5.74) is 4.41. The monoisotopic (exact) mass is 257 g/mol. The molecule has 1 aromatic rings. The standard InChI is InChI=1S/C11H15NO4S/c1-8-4-6-9(7-5-8)17(14,15)16-11(2,3)10(12)13/h4-7H,1-3H3,(H2,12,13). The lowest BCUT2D eigenvalue weighted by Gasteiger charge is -2.20. The second kappa shape index (κ2) is 4.46. The molecule has 0 aromatic heterocycles. The van der Waals surface area contributed by atoms with Crippen LogP contribution in [-0.4, -0.2) is 19.9 Å². The zero-order chi connectivity index (χ0) is 13.3. The lowest BCUT2D eigenvalue weighted by atomic mass is 10.1. The number of hydrogen-bond acceptors (Lipinski definition) is 4. The van der Waals surface area contributed by atoms with Gasteiger partial charge in [0.05, 0.1) is 4.90 Å². The topological polar surface area (TPSA) is 86.5 Å². The fourth-order valence-electron chi connectivity index (χ4n) is 1.07. The summed E-state index contributed by atoms with van der Waals surface area (Å²) >= 11 is 0. The first-order valence-corrected chi connectivity index (χ1v) is 6.38. The lowest BCUT2D eigenvalue weighted by Crippen LogP contribution is -2.42. The quantitative estimate of drug-likeness (QED) is 0.814. The number of carbonyl (C=O) groups excluding carboxylic acids is 1. The summed E-state index contributed by atoms with van der Waals surface area (Å²) in [5, 5.41) is 0. The van der Waals surface area contributed by atoms with Crippen LogP contribution in [0.2, 0.25) is 0 Å². The van der Waals surface area contributed by atoms with Gasteiger partial charge in [-0.25, -0.2) is 0 Å². The predicted octanol–water partition coefficient (Wildman–Crippen LogP) is 0.964. The van der Waals surface area contributed by atoms with Gasteiger partial charge in [0.15, 0.2) is 5.60 Å². The Kier molecular flexibility index (Phi) is 3.59. The van der Waals surface area contributed by atoms with Crippen LogP contribution in [0.15, 0.2) is 29.2 Å². The van der Waals surface area contributed by atoms with E-state index in [4.69, 9.17) is 9.92 Å². The van der Waals surface area contributed by atoms with Crippen LogP contribution in [0.5, 0.6) is 0 Å². The van der Waals surface area contributed by atoms with Gasteiger partial charge in [-0.2, -0.15) is 8.42 Å². The molecule has 0 heterocycles. The Bertz CT molecular complexity index is 517. The number of rotatable bonds is 4. The molecular weight excluding hydrogens is 242 g/mol. The van der Waals surface area contributed by atoms with Gasteiger partial charge in [0.1, 0.15) is 0 Å². The molecule has 0 atom stereocenters. The Hall–Kier alpha value is -1.40. The van der Waals surface area contributed by atoms with E-state index < -0.39 is 21.6 Å². The van der Waals surface area contributed by atoms with E-state index in [-0.39, 0.29) is 4.90 Å². The van der Waals surface area contributed by atoms with Crippen molar-refractivity contribution in [3.63, 3.8) is 0 Å². The van der Waals surface area contributed by atoms with Crippen molar-refractivity contribution in [3.05, 3.63) is 29.8 Å². The van der Waals surface area contributed by atoms with Gasteiger partial charge in [0, 0.05) is 0 Å². The van der Waals surface area contributed by atoms with Crippen LogP contribution in [-0.2, 0) is 19.1 Å². The minimum Gasteiger partial charge on any atom is -0.367 e.